The Bertz CT molecular complexity index is 1260. The van der Waals surface area contributed by atoms with Crippen LogP contribution in [0.15, 0.2) is 80.6 Å². The van der Waals surface area contributed by atoms with Crippen LogP contribution in [0.2, 0.25) is 0 Å². The molecule has 0 radical (unpaired) electrons. The van der Waals surface area contributed by atoms with Crippen LogP contribution in [0.4, 0.5) is 11.4 Å². The Hall–Kier alpha value is -1.88. The summed E-state index contributed by atoms with van der Waals surface area (Å²) in [5.41, 5.74) is 1.75. The fourth-order valence-electron chi connectivity index (χ4n) is 2.63. The molecule has 3 aromatic rings. The van der Waals surface area contributed by atoms with Crippen LogP contribution in [0.5, 0.6) is 0 Å². The third-order valence-corrected chi connectivity index (χ3v) is 8.57. The summed E-state index contributed by atoms with van der Waals surface area (Å²) in [5, 5.41) is 0. The number of benzene rings is 3. The summed E-state index contributed by atoms with van der Waals surface area (Å²) in [6.45, 7) is 1.86. The van der Waals surface area contributed by atoms with Crippen molar-refractivity contribution < 1.29 is 16.8 Å². The van der Waals surface area contributed by atoms with E-state index in [0.717, 1.165) is 5.56 Å². The SMILES string of the molecule is Cc1ccc(S(=O)(=O)Nc2cc(Br)c(Br)cc2NS(=O)(=O)Cc2ccccc2)cc1. The van der Waals surface area contributed by atoms with E-state index >= 15 is 0 Å². The second-order valence-electron chi connectivity index (χ2n) is 6.58. The van der Waals surface area contributed by atoms with Gasteiger partial charge in [-0.15, -0.1) is 0 Å². The molecule has 0 fully saturated rings. The normalized spacial score (nSPS) is 11.8. The number of hydrogen-bond donors (Lipinski definition) is 2. The zero-order valence-corrected chi connectivity index (χ0v) is 20.6. The minimum absolute atomic E-state index is 0.0743. The first-order valence-electron chi connectivity index (χ1n) is 8.69. The molecule has 30 heavy (non-hydrogen) atoms. The third-order valence-electron chi connectivity index (χ3n) is 4.10. The first-order chi connectivity index (χ1) is 14.1. The van der Waals surface area contributed by atoms with Crippen molar-refractivity contribution in [3.8, 4) is 0 Å². The number of aryl methyl sites for hydroxylation is 1. The Morgan fingerprint density at radius 2 is 1.30 bits per heavy atom. The summed E-state index contributed by atoms with van der Waals surface area (Å²) in [4.78, 5) is 0.0743. The zero-order chi connectivity index (χ0) is 21.9. The van der Waals surface area contributed by atoms with Gasteiger partial charge in [-0.05, 0) is 68.6 Å². The number of anilines is 2. The van der Waals surface area contributed by atoms with Gasteiger partial charge in [-0.2, -0.15) is 0 Å². The molecule has 0 amide bonds. The molecule has 0 atom stereocenters. The summed E-state index contributed by atoms with van der Waals surface area (Å²) in [6.07, 6.45) is 0. The second kappa shape index (κ2) is 9.09. The van der Waals surface area contributed by atoms with Gasteiger partial charge in [0.05, 0.1) is 22.0 Å². The van der Waals surface area contributed by atoms with Crippen molar-refractivity contribution >= 4 is 63.3 Å². The number of hydrogen-bond acceptors (Lipinski definition) is 4. The Balaban J connectivity index is 1.94. The van der Waals surface area contributed by atoms with Crippen molar-refractivity contribution in [2.45, 2.75) is 17.6 Å². The molecule has 158 valence electrons. The maximum Gasteiger partial charge on any atom is 0.261 e. The lowest BCUT2D eigenvalue weighted by molar-refractivity contribution is 0.598. The van der Waals surface area contributed by atoms with Crippen LogP contribution >= 0.6 is 31.9 Å². The molecule has 0 spiro atoms. The molecule has 3 rings (SSSR count). The summed E-state index contributed by atoms with van der Waals surface area (Å²) >= 11 is 6.66. The van der Waals surface area contributed by atoms with Crippen LogP contribution in [0, 0.1) is 6.92 Å². The van der Waals surface area contributed by atoms with Crippen molar-refractivity contribution in [2.24, 2.45) is 0 Å². The highest BCUT2D eigenvalue weighted by Gasteiger charge is 2.20. The third kappa shape index (κ3) is 5.84. The largest absolute Gasteiger partial charge is 0.281 e. The predicted octanol–water partition coefficient (Wildman–Crippen LogP) is 5.26. The fraction of sp³-hybridized carbons (Fsp3) is 0.100. The zero-order valence-electron chi connectivity index (χ0n) is 15.8. The van der Waals surface area contributed by atoms with Gasteiger partial charge in [0.15, 0.2) is 0 Å². The van der Waals surface area contributed by atoms with E-state index in [1.807, 2.05) is 6.92 Å². The molecule has 0 saturated carbocycles. The van der Waals surface area contributed by atoms with E-state index in [-0.39, 0.29) is 22.0 Å². The number of halogens is 2. The highest BCUT2D eigenvalue weighted by atomic mass is 79.9. The summed E-state index contributed by atoms with van der Waals surface area (Å²) < 4.78 is 57.0. The molecular weight excluding hydrogens is 556 g/mol. The molecule has 0 aliphatic heterocycles. The monoisotopic (exact) mass is 572 g/mol. The lowest BCUT2D eigenvalue weighted by Crippen LogP contribution is -2.18. The number of sulfonamides is 2. The quantitative estimate of drug-likeness (QED) is 0.403. The maximum atomic E-state index is 12.8. The summed E-state index contributed by atoms with van der Waals surface area (Å²) in [5.74, 6) is -0.244. The van der Waals surface area contributed by atoms with Gasteiger partial charge in [0.1, 0.15) is 0 Å². The van der Waals surface area contributed by atoms with Gasteiger partial charge in [-0.1, -0.05) is 48.0 Å². The minimum Gasteiger partial charge on any atom is -0.281 e. The van der Waals surface area contributed by atoms with E-state index < -0.39 is 20.0 Å². The van der Waals surface area contributed by atoms with E-state index in [4.69, 9.17) is 0 Å². The van der Waals surface area contributed by atoms with Crippen LogP contribution in [0.25, 0.3) is 0 Å². The van der Waals surface area contributed by atoms with E-state index in [1.165, 1.54) is 24.3 Å². The summed E-state index contributed by atoms with van der Waals surface area (Å²) in [6, 6.07) is 18.1. The van der Waals surface area contributed by atoms with Gasteiger partial charge in [-0.3, -0.25) is 9.44 Å². The molecule has 0 aliphatic rings. The van der Waals surface area contributed by atoms with Gasteiger partial charge in [0.2, 0.25) is 10.0 Å². The molecule has 0 aromatic heterocycles. The lowest BCUT2D eigenvalue weighted by atomic mass is 10.2. The molecule has 0 saturated heterocycles. The van der Waals surface area contributed by atoms with Crippen molar-refractivity contribution in [1.29, 1.82) is 0 Å². The average Bonchev–Trinajstić information content (AvgIpc) is 2.66. The van der Waals surface area contributed by atoms with Crippen LogP contribution in [-0.2, 0) is 25.8 Å². The summed E-state index contributed by atoms with van der Waals surface area (Å²) in [7, 11) is -7.70. The smallest absolute Gasteiger partial charge is 0.261 e. The van der Waals surface area contributed by atoms with E-state index in [1.54, 1.807) is 42.5 Å². The van der Waals surface area contributed by atoms with Gasteiger partial charge >= 0.3 is 0 Å². The van der Waals surface area contributed by atoms with E-state index in [9.17, 15) is 16.8 Å². The fourth-order valence-corrected chi connectivity index (χ4v) is 5.60. The van der Waals surface area contributed by atoms with Crippen molar-refractivity contribution in [1.82, 2.24) is 0 Å². The average molecular weight is 574 g/mol. The molecule has 10 heteroatoms. The van der Waals surface area contributed by atoms with Crippen molar-refractivity contribution in [3.63, 3.8) is 0 Å². The van der Waals surface area contributed by atoms with Crippen LogP contribution < -0.4 is 9.44 Å². The van der Waals surface area contributed by atoms with Crippen LogP contribution in [0.3, 0.4) is 0 Å². The predicted molar refractivity (Wildman–Crippen MR) is 127 cm³/mol. The first-order valence-corrected chi connectivity index (χ1v) is 13.4. The Morgan fingerprint density at radius 3 is 1.87 bits per heavy atom. The molecule has 0 aliphatic carbocycles. The standard InChI is InChI=1S/C20H18Br2N2O4S2/c1-14-7-9-16(10-8-14)30(27,28)24-20-12-18(22)17(21)11-19(20)23-29(25,26)13-15-5-3-2-4-6-15/h2-12,23-24H,13H2,1H3. The van der Waals surface area contributed by atoms with Crippen LogP contribution in [-0.4, -0.2) is 16.8 Å². The molecular formula is C20H18Br2N2O4S2. The van der Waals surface area contributed by atoms with E-state index in [0.29, 0.717) is 14.5 Å². The Morgan fingerprint density at radius 1 is 0.767 bits per heavy atom. The highest BCUT2D eigenvalue weighted by Crippen LogP contribution is 2.35. The van der Waals surface area contributed by atoms with Crippen molar-refractivity contribution in [3.05, 3.63) is 86.8 Å². The molecule has 2 N–H and O–H groups in total. The minimum atomic E-state index is -3.92. The molecule has 3 aromatic carbocycles. The molecule has 6 nitrogen and oxygen atoms in total. The molecule has 0 heterocycles. The molecule has 0 bridgehead atoms. The van der Waals surface area contributed by atoms with Gasteiger partial charge in [-0.25, -0.2) is 16.8 Å². The second-order valence-corrected chi connectivity index (χ2v) is 11.7. The van der Waals surface area contributed by atoms with Gasteiger partial charge in [0.25, 0.3) is 10.0 Å². The molecule has 0 unspecified atom stereocenters. The maximum absolute atomic E-state index is 12.8. The first kappa shape index (κ1) is 22.8. The Labute approximate surface area is 193 Å². The van der Waals surface area contributed by atoms with Crippen LogP contribution in [0.1, 0.15) is 11.1 Å². The van der Waals surface area contributed by atoms with Gasteiger partial charge < -0.3 is 0 Å². The lowest BCUT2D eigenvalue weighted by Gasteiger charge is -2.16. The van der Waals surface area contributed by atoms with E-state index in [2.05, 4.69) is 41.3 Å². The van der Waals surface area contributed by atoms with Gasteiger partial charge in [0, 0.05) is 8.95 Å². The van der Waals surface area contributed by atoms with Crippen molar-refractivity contribution in [2.75, 3.05) is 9.44 Å². The highest BCUT2D eigenvalue weighted by molar-refractivity contribution is 9.13. The topological polar surface area (TPSA) is 92.3 Å². The Kier molecular flexibility index (Phi) is 6.91. The number of nitrogens with one attached hydrogen (secondary N) is 2. The number of rotatable bonds is 7.